The Bertz CT molecular complexity index is 225. The van der Waals surface area contributed by atoms with Crippen LogP contribution in [-0.2, 0) is 9.53 Å². The third kappa shape index (κ3) is 15.8. The van der Waals surface area contributed by atoms with Gasteiger partial charge in [0.25, 0.3) is 0 Å². The van der Waals surface area contributed by atoms with Crippen molar-refractivity contribution in [3.05, 3.63) is 0 Å². The van der Waals surface area contributed by atoms with Crippen LogP contribution in [0.15, 0.2) is 0 Å². The molecular formula is C19H40O3. The van der Waals surface area contributed by atoms with Crippen molar-refractivity contribution in [2.75, 3.05) is 13.2 Å². The second kappa shape index (κ2) is 18.5. The maximum atomic E-state index is 10.9. The summed E-state index contributed by atoms with van der Waals surface area (Å²) in [5, 5.41) is 8.75. The van der Waals surface area contributed by atoms with Crippen LogP contribution in [0.1, 0.15) is 92.4 Å². The predicted octanol–water partition coefficient (Wildman–Crippen LogP) is 5.35. The minimum atomic E-state index is -0.0741. The molecule has 0 aliphatic heterocycles. The van der Waals surface area contributed by atoms with Crippen LogP contribution >= 0.6 is 0 Å². The quantitative estimate of drug-likeness (QED) is 0.494. The normalized spacial score (nSPS) is 13.0. The van der Waals surface area contributed by atoms with Crippen molar-refractivity contribution in [1.82, 2.24) is 0 Å². The first-order valence-corrected chi connectivity index (χ1v) is 9.35. The van der Waals surface area contributed by atoms with Crippen LogP contribution in [0.2, 0.25) is 0 Å². The van der Waals surface area contributed by atoms with Gasteiger partial charge in [0.1, 0.15) is 0 Å². The van der Waals surface area contributed by atoms with Gasteiger partial charge in [-0.05, 0) is 24.7 Å². The van der Waals surface area contributed by atoms with Gasteiger partial charge in [-0.25, -0.2) is 0 Å². The number of aliphatic hydroxyl groups excluding tert-OH is 1. The minimum Gasteiger partial charge on any atom is -0.465 e. The molecule has 0 heterocycles. The van der Waals surface area contributed by atoms with Crippen molar-refractivity contribution >= 4 is 5.97 Å². The Labute approximate surface area is 138 Å². The molecule has 22 heavy (non-hydrogen) atoms. The number of esters is 1. The number of carbonyl (C=O) groups is 1. The third-order valence-electron chi connectivity index (χ3n) is 4.11. The van der Waals surface area contributed by atoms with E-state index in [4.69, 9.17) is 9.84 Å². The van der Waals surface area contributed by atoms with Crippen LogP contribution in [-0.4, -0.2) is 24.3 Å². The van der Waals surface area contributed by atoms with Gasteiger partial charge in [-0.1, -0.05) is 73.1 Å². The fraction of sp³-hybridized carbons (Fsp3) is 0.947. The van der Waals surface area contributed by atoms with E-state index in [1.165, 1.54) is 38.5 Å². The monoisotopic (exact) mass is 316 g/mol. The summed E-state index contributed by atoms with van der Waals surface area (Å²) in [6, 6.07) is 0. The first-order chi connectivity index (χ1) is 10.6. The molecule has 0 spiro atoms. The van der Waals surface area contributed by atoms with Gasteiger partial charge in [-0.2, -0.15) is 0 Å². The molecule has 134 valence electrons. The lowest BCUT2D eigenvalue weighted by atomic mass is 10.0. The van der Waals surface area contributed by atoms with E-state index in [2.05, 4.69) is 27.7 Å². The fourth-order valence-corrected chi connectivity index (χ4v) is 2.13. The maximum Gasteiger partial charge on any atom is 0.305 e. The molecule has 3 nitrogen and oxygen atoms in total. The number of unbranched alkanes of at least 4 members (excludes halogenated alkanes) is 2. The van der Waals surface area contributed by atoms with Crippen LogP contribution in [0.25, 0.3) is 0 Å². The third-order valence-corrected chi connectivity index (χ3v) is 4.11. The minimum absolute atomic E-state index is 0.0741. The summed E-state index contributed by atoms with van der Waals surface area (Å²) in [5.41, 5.74) is 0. The number of hydrogen-bond acceptors (Lipinski definition) is 3. The van der Waals surface area contributed by atoms with Crippen molar-refractivity contribution in [2.45, 2.75) is 92.4 Å². The van der Waals surface area contributed by atoms with Gasteiger partial charge in [0.2, 0.25) is 0 Å². The Morgan fingerprint density at radius 3 is 1.77 bits per heavy atom. The largest absolute Gasteiger partial charge is 0.465 e. The molecule has 1 N–H and O–H groups in total. The number of aliphatic hydroxyl groups is 1. The molecule has 0 aliphatic carbocycles. The Hall–Kier alpha value is -0.570. The number of ether oxygens (including phenoxy) is 1. The second-order valence-electron chi connectivity index (χ2n) is 6.05. The molecule has 0 fully saturated rings. The predicted molar refractivity (Wildman–Crippen MR) is 94.9 cm³/mol. The SMILES string of the molecule is CCCCC(CC)CO.CCCCC(CC)COC(=O)CC. The van der Waals surface area contributed by atoms with Crippen LogP contribution < -0.4 is 0 Å². The summed E-state index contributed by atoms with van der Waals surface area (Å²) < 4.78 is 5.10. The first-order valence-electron chi connectivity index (χ1n) is 9.35. The Morgan fingerprint density at radius 1 is 0.909 bits per heavy atom. The average Bonchev–Trinajstić information content (AvgIpc) is 2.56. The van der Waals surface area contributed by atoms with E-state index in [1.807, 2.05) is 6.92 Å². The molecule has 2 atom stereocenters. The van der Waals surface area contributed by atoms with Gasteiger partial charge in [0.15, 0.2) is 0 Å². The summed E-state index contributed by atoms with van der Waals surface area (Å²) in [4.78, 5) is 10.9. The lowest BCUT2D eigenvalue weighted by Crippen LogP contribution is -2.12. The molecule has 0 saturated heterocycles. The van der Waals surface area contributed by atoms with Crippen molar-refractivity contribution in [2.24, 2.45) is 11.8 Å². The first kappa shape index (κ1) is 23.7. The molecule has 0 saturated carbocycles. The Balaban J connectivity index is 0. The molecule has 0 radical (unpaired) electrons. The summed E-state index contributed by atoms with van der Waals surface area (Å²) in [6.07, 6.45) is 10.1. The molecule has 0 aromatic rings. The van der Waals surface area contributed by atoms with Crippen LogP contribution in [0.4, 0.5) is 0 Å². The lowest BCUT2D eigenvalue weighted by molar-refractivity contribution is -0.144. The molecule has 0 aliphatic rings. The molecular weight excluding hydrogens is 276 g/mol. The van der Waals surface area contributed by atoms with Gasteiger partial charge < -0.3 is 9.84 Å². The topological polar surface area (TPSA) is 46.5 Å². The smallest absolute Gasteiger partial charge is 0.305 e. The lowest BCUT2D eigenvalue weighted by Gasteiger charge is -2.13. The highest BCUT2D eigenvalue weighted by atomic mass is 16.5. The van der Waals surface area contributed by atoms with Crippen LogP contribution in [0.5, 0.6) is 0 Å². The standard InChI is InChI=1S/C11H22O2.C8H18O/c1-4-7-8-10(5-2)9-13-11(12)6-3;1-3-5-6-8(4-2)7-9/h10H,4-9H2,1-3H3;8-9H,3-7H2,1-2H3. The highest BCUT2D eigenvalue weighted by Gasteiger charge is 2.08. The highest BCUT2D eigenvalue weighted by molar-refractivity contribution is 5.68. The summed E-state index contributed by atoms with van der Waals surface area (Å²) in [7, 11) is 0. The number of hydrogen-bond donors (Lipinski definition) is 1. The summed E-state index contributed by atoms with van der Waals surface area (Å²) in [6.45, 7) is 11.5. The van der Waals surface area contributed by atoms with Crippen LogP contribution in [0.3, 0.4) is 0 Å². The van der Waals surface area contributed by atoms with Crippen molar-refractivity contribution in [1.29, 1.82) is 0 Å². The molecule has 0 rings (SSSR count). The number of carbonyl (C=O) groups excluding carboxylic acids is 1. The van der Waals surface area contributed by atoms with Gasteiger partial charge >= 0.3 is 5.97 Å². The summed E-state index contributed by atoms with van der Waals surface area (Å²) in [5.74, 6) is 1.05. The van der Waals surface area contributed by atoms with E-state index in [-0.39, 0.29) is 5.97 Å². The van der Waals surface area contributed by atoms with E-state index in [0.29, 0.717) is 31.5 Å². The zero-order chi connectivity index (χ0) is 17.2. The zero-order valence-corrected chi connectivity index (χ0v) is 15.7. The van der Waals surface area contributed by atoms with Crippen molar-refractivity contribution in [3.8, 4) is 0 Å². The molecule has 0 aromatic carbocycles. The Morgan fingerprint density at radius 2 is 1.41 bits per heavy atom. The number of rotatable bonds is 12. The van der Waals surface area contributed by atoms with E-state index in [0.717, 1.165) is 12.8 Å². The average molecular weight is 317 g/mol. The van der Waals surface area contributed by atoms with E-state index >= 15 is 0 Å². The zero-order valence-electron chi connectivity index (χ0n) is 15.7. The molecule has 0 aromatic heterocycles. The maximum absolute atomic E-state index is 10.9. The molecule has 3 heteroatoms. The van der Waals surface area contributed by atoms with Crippen LogP contribution in [0, 0.1) is 11.8 Å². The molecule has 0 amide bonds. The highest BCUT2D eigenvalue weighted by Crippen LogP contribution is 2.13. The van der Waals surface area contributed by atoms with E-state index in [1.54, 1.807) is 0 Å². The molecule has 0 bridgehead atoms. The van der Waals surface area contributed by atoms with Gasteiger partial charge in [-0.3, -0.25) is 4.79 Å². The molecule has 2 unspecified atom stereocenters. The van der Waals surface area contributed by atoms with E-state index < -0.39 is 0 Å². The van der Waals surface area contributed by atoms with E-state index in [9.17, 15) is 4.79 Å². The summed E-state index contributed by atoms with van der Waals surface area (Å²) >= 11 is 0. The van der Waals surface area contributed by atoms with Gasteiger partial charge in [0, 0.05) is 13.0 Å². The van der Waals surface area contributed by atoms with Gasteiger partial charge in [-0.15, -0.1) is 0 Å². The Kier molecular flexibility index (Phi) is 19.9. The van der Waals surface area contributed by atoms with Crippen molar-refractivity contribution < 1.29 is 14.6 Å². The second-order valence-corrected chi connectivity index (χ2v) is 6.05. The van der Waals surface area contributed by atoms with Crippen molar-refractivity contribution in [3.63, 3.8) is 0 Å². The fourth-order valence-electron chi connectivity index (χ4n) is 2.13. The van der Waals surface area contributed by atoms with Gasteiger partial charge in [0.05, 0.1) is 6.61 Å².